The molecular formula is C11H14INOS. The fourth-order valence-electron chi connectivity index (χ4n) is 1.07. The Morgan fingerprint density at radius 1 is 1.40 bits per heavy atom. The molecule has 0 bridgehead atoms. The molecule has 0 fully saturated rings. The topological polar surface area (TPSA) is 29.1 Å². The van der Waals surface area contributed by atoms with Crippen LogP contribution in [0.4, 0.5) is 5.69 Å². The lowest BCUT2D eigenvalue weighted by Gasteiger charge is -2.15. The van der Waals surface area contributed by atoms with Crippen LogP contribution in [0.2, 0.25) is 0 Å². The lowest BCUT2D eigenvalue weighted by atomic mass is 10.1. The van der Waals surface area contributed by atoms with Crippen LogP contribution in [0.25, 0.3) is 0 Å². The molecule has 1 rings (SSSR count). The van der Waals surface area contributed by atoms with E-state index in [-0.39, 0.29) is 17.1 Å². The van der Waals surface area contributed by atoms with E-state index >= 15 is 0 Å². The Morgan fingerprint density at radius 3 is 2.53 bits per heavy atom. The van der Waals surface area contributed by atoms with Gasteiger partial charge in [-0.3, -0.25) is 4.79 Å². The Morgan fingerprint density at radius 2 is 2.00 bits per heavy atom. The summed E-state index contributed by atoms with van der Waals surface area (Å²) in [6, 6.07) is 7.69. The van der Waals surface area contributed by atoms with E-state index in [9.17, 15) is 4.79 Å². The first-order chi connectivity index (χ1) is 7.02. The third-order valence-electron chi connectivity index (χ3n) is 2.03. The average molecular weight is 335 g/mol. The van der Waals surface area contributed by atoms with E-state index in [0.717, 1.165) is 9.26 Å². The zero-order valence-corrected chi connectivity index (χ0v) is 11.7. The van der Waals surface area contributed by atoms with E-state index in [1.54, 1.807) is 0 Å². The van der Waals surface area contributed by atoms with Gasteiger partial charge in [0.05, 0.1) is 10.9 Å². The van der Waals surface area contributed by atoms with E-state index in [2.05, 4.69) is 40.5 Å². The fourth-order valence-corrected chi connectivity index (χ4v) is 1.66. The second kappa shape index (κ2) is 5.75. The Balaban J connectivity index is 2.71. The maximum absolute atomic E-state index is 11.7. The molecule has 1 aromatic carbocycles. The first-order valence-corrected chi connectivity index (χ1v) is 6.35. The van der Waals surface area contributed by atoms with Crippen molar-refractivity contribution >= 4 is 46.8 Å². The maximum Gasteiger partial charge on any atom is 0.237 e. The van der Waals surface area contributed by atoms with Crippen LogP contribution in [0, 0.1) is 9.49 Å². The summed E-state index contributed by atoms with van der Waals surface area (Å²) >= 11 is 6.46. The number of thiol groups is 1. The SMILES string of the molecule is CC(C)C(S)C(=O)Nc1ccccc1I. The number of benzene rings is 1. The third-order valence-corrected chi connectivity index (χ3v) is 3.80. The van der Waals surface area contributed by atoms with E-state index in [4.69, 9.17) is 0 Å². The van der Waals surface area contributed by atoms with E-state index in [0.29, 0.717) is 0 Å². The van der Waals surface area contributed by atoms with Gasteiger partial charge in [-0.2, -0.15) is 12.6 Å². The molecule has 0 aliphatic heterocycles. The predicted molar refractivity (Wildman–Crippen MR) is 75.4 cm³/mol. The molecule has 0 radical (unpaired) electrons. The number of anilines is 1. The van der Waals surface area contributed by atoms with Gasteiger partial charge in [0.1, 0.15) is 0 Å². The highest BCUT2D eigenvalue weighted by Crippen LogP contribution is 2.19. The molecule has 0 saturated heterocycles. The molecule has 0 spiro atoms. The molecule has 0 aliphatic carbocycles. The van der Waals surface area contributed by atoms with Crippen molar-refractivity contribution in [3.05, 3.63) is 27.8 Å². The van der Waals surface area contributed by atoms with Gasteiger partial charge in [0.25, 0.3) is 0 Å². The van der Waals surface area contributed by atoms with Gasteiger partial charge in [-0.05, 0) is 40.6 Å². The number of amides is 1. The number of carbonyl (C=O) groups excluding carboxylic acids is 1. The first-order valence-electron chi connectivity index (χ1n) is 4.76. The number of hydrogen-bond donors (Lipinski definition) is 2. The molecule has 1 aromatic rings. The van der Waals surface area contributed by atoms with Crippen LogP contribution < -0.4 is 5.32 Å². The fraction of sp³-hybridized carbons (Fsp3) is 0.364. The van der Waals surface area contributed by atoms with Crippen molar-refractivity contribution in [2.24, 2.45) is 5.92 Å². The summed E-state index contributed by atoms with van der Waals surface area (Å²) in [7, 11) is 0. The van der Waals surface area contributed by atoms with Crippen LogP contribution in [0.5, 0.6) is 0 Å². The summed E-state index contributed by atoms with van der Waals surface area (Å²) in [5.74, 6) is 0.187. The summed E-state index contributed by atoms with van der Waals surface area (Å²) < 4.78 is 1.03. The Kier molecular flexibility index (Phi) is 4.92. The number of hydrogen-bond acceptors (Lipinski definition) is 2. The Bertz CT molecular complexity index is 354. The molecule has 1 N–H and O–H groups in total. The van der Waals surface area contributed by atoms with Crippen LogP contribution in [-0.2, 0) is 4.79 Å². The number of carbonyl (C=O) groups is 1. The van der Waals surface area contributed by atoms with Crippen molar-refractivity contribution < 1.29 is 4.79 Å². The van der Waals surface area contributed by atoms with Crippen LogP contribution >= 0.6 is 35.2 Å². The molecule has 0 aliphatic rings. The van der Waals surface area contributed by atoms with Gasteiger partial charge in [0.2, 0.25) is 5.91 Å². The molecule has 2 nitrogen and oxygen atoms in total. The number of halogens is 1. The minimum atomic E-state index is -0.263. The number of nitrogens with one attached hydrogen (secondary N) is 1. The lowest BCUT2D eigenvalue weighted by molar-refractivity contribution is -0.116. The molecule has 82 valence electrons. The summed E-state index contributed by atoms with van der Waals surface area (Å²) in [6.07, 6.45) is 0. The number of rotatable bonds is 3. The molecular weight excluding hydrogens is 321 g/mol. The second-order valence-electron chi connectivity index (χ2n) is 3.66. The minimum Gasteiger partial charge on any atom is -0.324 e. The zero-order chi connectivity index (χ0) is 11.4. The van der Waals surface area contributed by atoms with E-state index < -0.39 is 0 Å². The van der Waals surface area contributed by atoms with Crippen LogP contribution in [-0.4, -0.2) is 11.2 Å². The van der Waals surface area contributed by atoms with Crippen LogP contribution in [0.1, 0.15) is 13.8 Å². The van der Waals surface area contributed by atoms with E-state index in [1.807, 2.05) is 38.1 Å². The molecule has 0 aromatic heterocycles. The summed E-state index contributed by atoms with van der Waals surface area (Å²) in [5, 5.41) is 2.61. The van der Waals surface area contributed by atoms with Gasteiger partial charge in [-0.1, -0.05) is 26.0 Å². The van der Waals surface area contributed by atoms with Crippen molar-refractivity contribution in [2.75, 3.05) is 5.32 Å². The standard InChI is InChI=1S/C11H14INOS/c1-7(2)10(15)11(14)13-9-6-4-3-5-8(9)12/h3-7,10,15H,1-2H3,(H,13,14). The van der Waals surface area contributed by atoms with Crippen molar-refractivity contribution in [1.82, 2.24) is 0 Å². The van der Waals surface area contributed by atoms with E-state index in [1.165, 1.54) is 0 Å². The largest absolute Gasteiger partial charge is 0.324 e. The van der Waals surface area contributed by atoms with Crippen molar-refractivity contribution in [1.29, 1.82) is 0 Å². The van der Waals surface area contributed by atoms with Crippen LogP contribution in [0.3, 0.4) is 0 Å². The maximum atomic E-state index is 11.7. The molecule has 4 heteroatoms. The number of para-hydroxylation sites is 1. The highest BCUT2D eigenvalue weighted by atomic mass is 127. The molecule has 1 amide bonds. The van der Waals surface area contributed by atoms with Gasteiger partial charge in [0.15, 0.2) is 0 Å². The van der Waals surface area contributed by atoms with Gasteiger partial charge >= 0.3 is 0 Å². The summed E-state index contributed by atoms with van der Waals surface area (Å²) in [5.41, 5.74) is 0.850. The second-order valence-corrected chi connectivity index (χ2v) is 5.38. The zero-order valence-electron chi connectivity index (χ0n) is 8.70. The van der Waals surface area contributed by atoms with Gasteiger partial charge in [0, 0.05) is 3.57 Å². The van der Waals surface area contributed by atoms with Gasteiger partial charge in [-0.25, -0.2) is 0 Å². The molecule has 0 heterocycles. The van der Waals surface area contributed by atoms with Crippen molar-refractivity contribution in [3.63, 3.8) is 0 Å². The summed E-state index contributed by atoms with van der Waals surface area (Å²) in [4.78, 5) is 11.7. The Hall–Kier alpha value is -0.230. The minimum absolute atomic E-state index is 0.0440. The van der Waals surface area contributed by atoms with Crippen LogP contribution in [0.15, 0.2) is 24.3 Å². The predicted octanol–water partition coefficient (Wildman–Crippen LogP) is 3.18. The van der Waals surface area contributed by atoms with Gasteiger partial charge < -0.3 is 5.32 Å². The quantitative estimate of drug-likeness (QED) is 0.645. The summed E-state index contributed by atoms with van der Waals surface area (Å²) in [6.45, 7) is 3.96. The first kappa shape index (κ1) is 12.8. The highest BCUT2D eigenvalue weighted by molar-refractivity contribution is 14.1. The highest BCUT2D eigenvalue weighted by Gasteiger charge is 2.18. The lowest BCUT2D eigenvalue weighted by Crippen LogP contribution is -2.27. The Labute approximate surface area is 109 Å². The molecule has 1 atom stereocenters. The monoisotopic (exact) mass is 335 g/mol. The van der Waals surface area contributed by atoms with Crippen molar-refractivity contribution in [3.8, 4) is 0 Å². The molecule has 1 unspecified atom stereocenters. The smallest absolute Gasteiger partial charge is 0.237 e. The van der Waals surface area contributed by atoms with Gasteiger partial charge in [-0.15, -0.1) is 0 Å². The third kappa shape index (κ3) is 3.68. The average Bonchev–Trinajstić information content (AvgIpc) is 2.20. The molecule has 0 saturated carbocycles. The molecule has 15 heavy (non-hydrogen) atoms. The normalized spacial score (nSPS) is 12.6. The van der Waals surface area contributed by atoms with Crippen molar-refractivity contribution in [2.45, 2.75) is 19.1 Å².